The molecular formula is C20H23N3O2. The maximum Gasteiger partial charge on any atom is 0.252 e. The zero-order valence-corrected chi connectivity index (χ0v) is 14.5. The fourth-order valence-corrected chi connectivity index (χ4v) is 4.00. The number of benzene rings is 1. The van der Waals surface area contributed by atoms with Gasteiger partial charge in [0.1, 0.15) is 5.75 Å². The van der Waals surface area contributed by atoms with Crippen LogP contribution in [0.4, 0.5) is 0 Å². The average molecular weight is 337 g/mol. The van der Waals surface area contributed by atoms with Crippen LogP contribution in [0.2, 0.25) is 0 Å². The summed E-state index contributed by atoms with van der Waals surface area (Å²) in [4.78, 5) is 19.3. The monoisotopic (exact) mass is 337 g/mol. The summed E-state index contributed by atoms with van der Waals surface area (Å²) in [6, 6.07) is 9.93. The van der Waals surface area contributed by atoms with E-state index in [1.165, 1.54) is 5.56 Å². The summed E-state index contributed by atoms with van der Waals surface area (Å²) >= 11 is 0. The fourth-order valence-electron chi connectivity index (χ4n) is 4.00. The van der Waals surface area contributed by atoms with Gasteiger partial charge in [0.05, 0.1) is 12.6 Å². The molecule has 1 aromatic carbocycles. The summed E-state index contributed by atoms with van der Waals surface area (Å²) in [5.41, 5.74) is 3.00. The van der Waals surface area contributed by atoms with Gasteiger partial charge in [0.25, 0.3) is 5.91 Å². The van der Waals surface area contributed by atoms with Crippen LogP contribution < -0.4 is 10.1 Å². The van der Waals surface area contributed by atoms with Crippen molar-refractivity contribution in [3.8, 4) is 5.75 Å². The molecule has 3 heterocycles. The van der Waals surface area contributed by atoms with Gasteiger partial charge in [0.15, 0.2) is 0 Å². The molecule has 2 aliphatic rings. The predicted octanol–water partition coefficient (Wildman–Crippen LogP) is 2.41. The first kappa shape index (κ1) is 16.1. The lowest BCUT2D eigenvalue weighted by Crippen LogP contribution is -2.49. The van der Waals surface area contributed by atoms with Gasteiger partial charge in [-0.3, -0.25) is 14.7 Å². The molecule has 25 heavy (non-hydrogen) atoms. The summed E-state index contributed by atoms with van der Waals surface area (Å²) < 4.78 is 5.28. The number of fused-ring (bicyclic) bond motifs is 1. The van der Waals surface area contributed by atoms with Crippen LogP contribution >= 0.6 is 0 Å². The number of nitrogens with zero attached hydrogens (tertiary/aromatic N) is 2. The number of ether oxygens (including phenoxy) is 1. The van der Waals surface area contributed by atoms with Crippen molar-refractivity contribution in [2.45, 2.75) is 31.3 Å². The van der Waals surface area contributed by atoms with Crippen molar-refractivity contribution in [1.82, 2.24) is 15.2 Å². The molecule has 2 aromatic rings. The quantitative estimate of drug-likeness (QED) is 0.934. The maximum absolute atomic E-state index is 12.8. The number of pyridine rings is 1. The van der Waals surface area contributed by atoms with Crippen LogP contribution in [0.25, 0.3) is 0 Å². The molecule has 1 atom stereocenters. The van der Waals surface area contributed by atoms with Crippen LogP contribution in [0.1, 0.15) is 34.3 Å². The van der Waals surface area contributed by atoms with Crippen molar-refractivity contribution in [3.63, 3.8) is 0 Å². The topological polar surface area (TPSA) is 54.5 Å². The third-order valence-electron chi connectivity index (χ3n) is 5.40. The van der Waals surface area contributed by atoms with Crippen molar-refractivity contribution < 1.29 is 9.53 Å². The van der Waals surface area contributed by atoms with E-state index in [4.69, 9.17) is 4.74 Å². The number of rotatable bonds is 3. The zero-order chi connectivity index (χ0) is 17.3. The van der Waals surface area contributed by atoms with Crippen LogP contribution in [-0.4, -0.2) is 41.5 Å². The van der Waals surface area contributed by atoms with Gasteiger partial charge in [0, 0.05) is 37.6 Å². The summed E-state index contributed by atoms with van der Waals surface area (Å²) in [6.07, 6.45) is 6.55. The number of nitrogens with one attached hydrogen (secondary N) is 1. The number of carbonyl (C=O) groups is 1. The molecule has 1 saturated heterocycles. The standard InChI is InChI=1S/C20H23N3O2/c1-25-17-3-2-16-4-7-20(22-19(24)18(16)12-17)8-11-23(14-20)13-15-5-9-21-10-6-15/h2-3,5-6,9-10,12H,4,7-8,11,13-14H2,1H3,(H,22,24). The molecule has 5 nitrogen and oxygen atoms in total. The van der Waals surface area contributed by atoms with Gasteiger partial charge in [-0.15, -0.1) is 0 Å². The summed E-state index contributed by atoms with van der Waals surface area (Å²) in [6.45, 7) is 2.80. The Morgan fingerprint density at radius 2 is 2.08 bits per heavy atom. The van der Waals surface area contributed by atoms with E-state index in [1.807, 2.05) is 30.6 Å². The van der Waals surface area contributed by atoms with Gasteiger partial charge in [-0.1, -0.05) is 6.07 Å². The van der Waals surface area contributed by atoms with Gasteiger partial charge in [-0.2, -0.15) is 0 Å². The first-order valence-corrected chi connectivity index (χ1v) is 8.78. The number of hydrogen-bond acceptors (Lipinski definition) is 4. The number of methoxy groups -OCH3 is 1. The number of likely N-dealkylation sites (tertiary alicyclic amines) is 1. The number of hydrogen-bond donors (Lipinski definition) is 1. The lowest BCUT2D eigenvalue weighted by atomic mass is 9.91. The molecule has 130 valence electrons. The van der Waals surface area contributed by atoms with Gasteiger partial charge in [-0.25, -0.2) is 0 Å². The van der Waals surface area contributed by atoms with Crippen LogP contribution in [-0.2, 0) is 13.0 Å². The number of aromatic nitrogens is 1. The minimum Gasteiger partial charge on any atom is -0.497 e. The molecule has 0 aliphatic carbocycles. The van der Waals surface area contributed by atoms with E-state index in [0.29, 0.717) is 0 Å². The Morgan fingerprint density at radius 3 is 2.88 bits per heavy atom. The van der Waals surface area contributed by atoms with E-state index >= 15 is 0 Å². The van der Waals surface area contributed by atoms with Gasteiger partial charge in [0.2, 0.25) is 0 Å². The number of aryl methyl sites for hydroxylation is 1. The molecule has 4 rings (SSSR count). The lowest BCUT2D eigenvalue weighted by Gasteiger charge is -2.29. The van der Waals surface area contributed by atoms with E-state index in [1.54, 1.807) is 7.11 Å². The first-order valence-electron chi connectivity index (χ1n) is 8.78. The lowest BCUT2D eigenvalue weighted by molar-refractivity contribution is 0.0901. The van der Waals surface area contributed by atoms with Crippen LogP contribution in [0.15, 0.2) is 42.7 Å². The van der Waals surface area contributed by atoms with Crippen LogP contribution in [0.5, 0.6) is 5.75 Å². The number of amides is 1. The molecule has 0 bridgehead atoms. The second-order valence-electron chi connectivity index (χ2n) is 7.07. The third-order valence-corrected chi connectivity index (χ3v) is 5.40. The van der Waals surface area contributed by atoms with E-state index in [-0.39, 0.29) is 11.4 Å². The first-order chi connectivity index (χ1) is 12.2. The van der Waals surface area contributed by atoms with Crippen molar-refractivity contribution >= 4 is 5.91 Å². The van der Waals surface area contributed by atoms with Crippen molar-refractivity contribution in [3.05, 3.63) is 59.4 Å². The molecule has 0 saturated carbocycles. The van der Waals surface area contributed by atoms with Crippen molar-refractivity contribution in [2.24, 2.45) is 0 Å². The minimum atomic E-state index is -0.129. The Kier molecular flexibility index (Phi) is 4.17. The average Bonchev–Trinajstić information content (AvgIpc) is 2.96. The third kappa shape index (κ3) is 3.24. The SMILES string of the molecule is COc1ccc2c(c1)C(=O)NC1(CC2)CCN(Cc2ccncc2)C1. The van der Waals surface area contributed by atoms with Crippen molar-refractivity contribution in [2.75, 3.05) is 20.2 Å². The van der Waals surface area contributed by atoms with Gasteiger partial charge >= 0.3 is 0 Å². The molecule has 1 unspecified atom stereocenters. The highest BCUT2D eigenvalue weighted by atomic mass is 16.5. The Labute approximate surface area is 148 Å². The van der Waals surface area contributed by atoms with Crippen molar-refractivity contribution in [1.29, 1.82) is 0 Å². The molecule has 1 N–H and O–H groups in total. The predicted molar refractivity (Wildman–Crippen MR) is 95.6 cm³/mol. The van der Waals surface area contributed by atoms with E-state index in [0.717, 1.165) is 55.8 Å². The normalized spacial score (nSPS) is 23.2. The second-order valence-corrected chi connectivity index (χ2v) is 7.07. The molecule has 0 radical (unpaired) electrons. The van der Waals surface area contributed by atoms with E-state index in [9.17, 15) is 4.79 Å². The van der Waals surface area contributed by atoms with Crippen LogP contribution in [0, 0.1) is 0 Å². The van der Waals surface area contributed by atoms with E-state index < -0.39 is 0 Å². The fraction of sp³-hybridized carbons (Fsp3) is 0.400. The maximum atomic E-state index is 12.8. The molecule has 1 amide bonds. The highest BCUT2D eigenvalue weighted by Crippen LogP contribution is 2.32. The molecule has 1 fully saturated rings. The Bertz CT molecular complexity index is 778. The molecule has 2 aliphatic heterocycles. The number of carbonyl (C=O) groups excluding carboxylic acids is 1. The highest BCUT2D eigenvalue weighted by molar-refractivity contribution is 5.97. The Balaban J connectivity index is 1.50. The molecular weight excluding hydrogens is 314 g/mol. The zero-order valence-electron chi connectivity index (χ0n) is 14.5. The van der Waals surface area contributed by atoms with E-state index in [2.05, 4.69) is 27.3 Å². The molecule has 1 spiro atoms. The molecule has 1 aromatic heterocycles. The molecule has 5 heteroatoms. The smallest absolute Gasteiger partial charge is 0.252 e. The van der Waals surface area contributed by atoms with Crippen LogP contribution in [0.3, 0.4) is 0 Å². The Morgan fingerprint density at radius 1 is 1.24 bits per heavy atom. The largest absolute Gasteiger partial charge is 0.497 e. The minimum absolute atomic E-state index is 0.0251. The summed E-state index contributed by atoms with van der Waals surface area (Å²) in [5, 5.41) is 3.33. The summed E-state index contributed by atoms with van der Waals surface area (Å²) in [7, 11) is 1.63. The van der Waals surface area contributed by atoms with Gasteiger partial charge in [-0.05, 0) is 54.7 Å². The Hall–Kier alpha value is -2.40. The second kappa shape index (κ2) is 6.48. The van der Waals surface area contributed by atoms with Gasteiger partial charge < -0.3 is 10.1 Å². The summed E-state index contributed by atoms with van der Waals surface area (Å²) in [5.74, 6) is 0.757. The highest BCUT2D eigenvalue weighted by Gasteiger charge is 2.41.